The van der Waals surface area contributed by atoms with Crippen LogP contribution in [0.3, 0.4) is 0 Å². The van der Waals surface area contributed by atoms with Crippen LogP contribution in [0.1, 0.15) is 104 Å². The van der Waals surface area contributed by atoms with E-state index in [4.69, 9.17) is 28.4 Å². The average molecular weight is 1350 g/mol. The first kappa shape index (κ1) is 73.8. The van der Waals surface area contributed by atoms with Gasteiger partial charge in [-0.25, -0.2) is 0 Å². The Kier molecular flexibility index (Phi) is 24.4. The van der Waals surface area contributed by atoms with Crippen LogP contribution in [0.2, 0.25) is 0 Å². The first-order valence-corrected chi connectivity index (χ1v) is 34.1. The zero-order valence-electron chi connectivity index (χ0n) is 55.9. The number of hydrogen-bond donors (Lipinski definition) is 14. The third kappa shape index (κ3) is 15.8. The maximum Gasteiger partial charge on any atom is 0.220 e. The molecule has 530 valence electrons. The molecule has 6 heterocycles. The van der Waals surface area contributed by atoms with Gasteiger partial charge in [0, 0.05) is 73.4 Å². The summed E-state index contributed by atoms with van der Waals surface area (Å²) in [5, 5.41) is 136. The number of fused-ring (bicyclic) bond motifs is 6. The van der Waals surface area contributed by atoms with Crippen molar-refractivity contribution >= 4 is 50.4 Å². The molecule has 2 unspecified atom stereocenters. The van der Waals surface area contributed by atoms with Gasteiger partial charge in [-0.2, -0.15) is 4.58 Å². The van der Waals surface area contributed by atoms with Crippen molar-refractivity contribution in [3.8, 4) is 0 Å². The number of anilines is 1. The predicted molar refractivity (Wildman–Crippen MR) is 360 cm³/mol. The van der Waals surface area contributed by atoms with Crippen LogP contribution in [0.25, 0.3) is 21.5 Å². The second-order valence-electron chi connectivity index (χ2n) is 27.5. The summed E-state index contributed by atoms with van der Waals surface area (Å²) in [5.74, 6) is -0.567. The van der Waals surface area contributed by atoms with E-state index in [0.29, 0.717) is 25.9 Å². The van der Waals surface area contributed by atoms with Crippen molar-refractivity contribution in [2.24, 2.45) is 0 Å². The molecule has 0 spiro atoms. The molecule has 6 aliphatic rings. The lowest BCUT2D eigenvalue weighted by atomic mass is 9.79. The molecular weight excluding hydrogens is 1250 g/mol. The molecule has 10 rings (SSSR count). The lowest BCUT2D eigenvalue weighted by Gasteiger charge is -2.46. The van der Waals surface area contributed by atoms with Crippen molar-refractivity contribution in [2.45, 2.75) is 226 Å². The second kappa shape index (κ2) is 32.1. The number of rotatable bonds is 26. The molecule has 0 radical (unpaired) electrons. The Hall–Kier alpha value is -5.95. The number of aliphatic hydroxyl groups excluding tert-OH is 12. The lowest BCUT2D eigenvalue weighted by Crippen LogP contribution is -2.64. The number of unbranched alkanes of at least 4 members (excludes halogenated alkanes) is 4. The van der Waals surface area contributed by atoms with Crippen LogP contribution in [0, 0.1) is 0 Å². The molecular formula is C73H99N4O20+. The van der Waals surface area contributed by atoms with Crippen molar-refractivity contribution in [3.05, 3.63) is 132 Å². The summed E-state index contributed by atoms with van der Waals surface area (Å²) in [6.07, 6.45) is -8.91. The van der Waals surface area contributed by atoms with Gasteiger partial charge in [-0.05, 0) is 98.7 Å². The van der Waals surface area contributed by atoms with E-state index in [-0.39, 0.29) is 48.6 Å². The minimum absolute atomic E-state index is 0.111. The minimum atomic E-state index is -1.76. The zero-order chi connectivity index (χ0) is 69.6. The summed E-state index contributed by atoms with van der Waals surface area (Å²) in [4.78, 5) is 28.9. The Morgan fingerprint density at radius 2 is 1.02 bits per heavy atom. The highest BCUT2D eigenvalue weighted by molar-refractivity contribution is 6.07. The number of benzene rings is 4. The molecule has 24 nitrogen and oxygen atoms in total. The van der Waals surface area contributed by atoms with E-state index < -0.39 is 136 Å². The van der Waals surface area contributed by atoms with Gasteiger partial charge in [0.15, 0.2) is 18.3 Å². The third-order valence-corrected chi connectivity index (χ3v) is 20.2. The molecule has 4 aromatic carbocycles. The number of aliphatic hydroxyl groups is 12. The van der Waals surface area contributed by atoms with E-state index in [9.17, 15) is 70.9 Å². The molecule has 0 saturated carbocycles. The van der Waals surface area contributed by atoms with E-state index in [1.807, 2.05) is 30.4 Å². The lowest BCUT2D eigenvalue weighted by molar-refractivity contribution is -0.438. The van der Waals surface area contributed by atoms with Crippen LogP contribution in [0.4, 0.5) is 11.4 Å². The van der Waals surface area contributed by atoms with Crippen molar-refractivity contribution in [2.75, 3.05) is 44.3 Å². The van der Waals surface area contributed by atoms with Crippen LogP contribution >= 0.6 is 0 Å². The fraction of sp³-hybridized carbons (Fsp3) is 0.575. The number of carbonyl (C=O) groups is 2. The molecule has 14 N–H and O–H groups in total. The van der Waals surface area contributed by atoms with Gasteiger partial charge in [-0.3, -0.25) is 9.59 Å². The Morgan fingerprint density at radius 3 is 1.63 bits per heavy atom. The Labute approximate surface area is 565 Å². The standard InChI is InChI=1S/C73H98N4O20/c1-40-58(82)64(88)68(96-71-67(91)63(87)61(85)50(38-78)95-71)49(92-40)37-75-55(81)29-15-11-21-35-77-47-33-31-43-23-17-19-25-45(43)57(47)73(5,6)53(77)27-13-9-7-8-12-26-52-72(3,4)56-44-24-18-16-22-42(44)30-32-46(56)76(52)34-20-10-14-28-54(80)74-36-48-60(84)62(86)66(90)70(94-48)97-69-51(39-79)93-41(2)59(83)65(69)89/h7-9,12-13,16-19,22-27,30-33,40-41,48-51,58-71,78-79,82-91H,10-11,14-15,20-21,28-29,34-39H2,1-6H3,(H-,74,75,80,81)/p+1/t40-,41-,48-,49-,50-,51-,58+,59+,60-,61-,62+,63+,64-,65-,66-,67-,68-,69?,70-,71?/m1/s1. The summed E-state index contributed by atoms with van der Waals surface area (Å²) in [6, 6.07) is 25.5. The van der Waals surface area contributed by atoms with Crippen LogP contribution in [0.5, 0.6) is 0 Å². The Morgan fingerprint density at radius 1 is 0.515 bits per heavy atom. The first-order chi connectivity index (χ1) is 46.4. The zero-order valence-corrected chi connectivity index (χ0v) is 55.9. The van der Waals surface area contributed by atoms with E-state index in [1.165, 1.54) is 28.8 Å². The minimum Gasteiger partial charge on any atom is -0.394 e. The number of amides is 2. The average Bonchev–Trinajstić information content (AvgIpc) is 1.58. The van der Waals surface area contributed by atoms with Gasteiger partial charge in [0.05, 0.1) is 30.8 Å². The topological polar surface area (TPSA) is 363 Å². The SMILES string of the molecule is C[C@H]1O[C@H](CNC(=O)CCCCCN2/C(=C/C=C/C=C/C=C/C3=[N+](CCCCCC(=O)NC[C@H]4O[C@H](OC5[C@@H](CO)O[C@H](C)[C@H](O)[C@H]5O)[C@H](O)[C@@H](O)[C@@H]4O)c4ccc5ccccc5c4C3(C)C)C(C)(C)c3c2ccc2ccccc32)[C@@H](OC2O[C@H](CO)[C@@H](O)[C@H](O)[C@H]2O)[C@H](O)[C@H]1O. The van der Waals surface area contributed by atoms with E-state index in [0.717, 1.165) is 59.2 Å². The number of ether oxygens (including phenoxy) is 6. The largest absolute Gasteiger partial charge is 0.394 e. The van der Waals surface area contributed by atoms with E-state index in [1.54, 1.807) is 6.92 Å². The highest BCUT2D eigenvalue weighted by Crippen LogP contribution is 2.51. The van der Waals surface area contributed by atoms with E-state index >= 15 is 0 Å². The van der Waals surface area contributed by atoms with Crippen LogP contribution in [-0.4, -0.2) is 245 Å². The molecule has 2 amide bonds. The monoisotopic (exact) mass is 1350 g/mol. The van der Waals surface area contributed by atoms with Crippen molar-refractivity contribution < 1.29 is 104 Å². The molecule has 0 aliphatic carbocycles. The Balaban J connectivity index is 0.749. The highest BCUT2D eigenvalue weighted by Gasteiger charge is 2.53. The third-order valence-electron chi connectivity index (χ3n) is 20.2. The van der Waals surface area contributed by atoms with Gasteiger partial charge >= 0.3 is 0 Å². The molecule has 97 heavy (non-hydrogen) atoms. The van der Waals surface area contributed by atoms with Gasteiger partial charge in [0.25, 0.3) is 0 Å². The molecule has 0 aromatic heterocycles. The Bertz CT molecular complexity index is 3520. The second-order valence-corrected chi connectivity index (χ2v) is 27.5. The van der Waals surface area contributed by atoms with E-state index in [2.05, 4.69) is 133 Å². The molecule has 24 heteroatoms. The predicted octanol–water partition coefficient (Wildman–Crippen LogP) is 2.46. The quantitative estimate of drug-likeness (QED) is 0.0244. The number of nitrogens with one attached hydrogen (secondary N) is 2. The number of hydrogen-bond acceptors (Lipinski definition) is 21. The van der Waals surface area contributed by atoms with Crippen LogP contribution in [-0.2, 0) is 48.8 Å². The maximum absolute atomic E-state index is 13.3. The maximum atomic E-state index is 13.3. The van der Waals surface area contributed by atoms with Crippen molar-refractivity contribution in [1.29, 1.82) is 0 Å². The number of carbonyl (C=O) groups excluding carboxylic acids is 2. The van der Waals surface area contributed by atoms with Gasteiger partial charge in [0.2, 0.25) is 17.5 Å². The van der Waals surface area contributed by atoms with Crippen LogP contribution in [0.15, 0.2) is 121 Å². The number of nitrogens with zero attached hydrogens (tertiary/aromatic N) is 2. The summed E-state index contributed by atoms with van der Waals surface area (Å²) in [6.45, 7) is 11.9. The van der Waals surface area contributed by atoms with Gasteiger partial charge in [-0.1, -0.05) is 105 Å². The first-order valence-electron chi connectivity index (χ1n) is 34.1. The molecule has 4 aromatic rings. The molecule has 0 bridgehead atoms. The molecule has 6 aliphatic heterocycles. The van der Waals surface area contributed by atoms with Crippen LogP contribution < -0.4 is 15.5 Å². The smallest absolute Gasteiger partial charge is 0.220 e. The normalized spacial score (nSPS) is 33.8. The summed E-state index contributed by atoms with van der Waals surface area (Å²) in [7, 11) is 0. The summed E-state index contributed by atoms with van der Waals surface area (Å²) in [5.41, 5.74) is 6.29. The fourth-order valence-electron chi connectivity index (χ4n) is 14.7. The highest BCUT2D eigenvalue weighted by atomic mass is 16.7. The van der Waals surface area contributed by atoms with Gasteiger partial charge in [0.1, 0.15) is 104 Å². The van der Waals surface area contributed by atoms with Gasteiger partial charge in [-0.15, -0.1) is 0 Å². The number of allylic oxidation sites excluding steroid dienone is 8. The summed E-state index contributed by atoms with van der Waals surface area (Å²) >= 11 is 0. The molecule has 20 atom stereocenters. The summed E-state index contributed by atoms with van der Waals surface area (Å²) < 4.78 is 36.8. The van der Waals surface area contributed by atoms with Gasteiger partial charge < -0.3 is 105 Å². The molecule has 4 saturated heterocycles. The molecule has 4 fully saturated rings. The fourth-order valence-corrected chi connectivity index (χ4v) is 14.7. The van der Waals surface area contributed by atoms with Crippen molar-refractivity contribution in [1.82, 2.24) is 10.6 Å². The van der Waals surface area contributed by atoms with Crippen molar-refractivity contribution in [3.63, 3.8) is 0 Å².